The van der Waals surface area contributed by atoms with E-state index in [2.05, 4.69) is 0 Å². The molecule has 9 heavy (non-hydrogen) atoms. The minimum Gasteiger partial charge on any atom is -0.367 e. The number of nitrogens with two attached hydrogens (primary N) is 1. The van der Waals surface area contributed by atoms with Crippen LogP contribution in [0.1, 0.15) is 19.3 Å². The minimum absolute atomic E-state index is 0.433. The van der Waals surface area contributed by atoms with E-state index in [4.69, 9.17) is 15.9 Å². The van der Waals surface area contributed by atoms with E-state index in [1.807, 2.05) is 0 Å². The van der Waals surface area contributed by atoms with Crippen molar-refractivity contribution in [2.45, 2.75) is 31.6 Å². The van der Waals surface area contributed by atoms with Gasteiger partial charge in [0, 0.05) is 0 Å². The summed E-state index contributed by atoms with van der Waals surface area (Å²) in [7, 11) is 0. The summed E-state index contributed by atoms with van der Waals surface area (Å²) in [6, 6.07) is -0.433. The molecule has 0 aromatic heterocycles. The van der Waals surface area contributed by atoms with Crippen LogP contribution in [-0.4, -0.2) is 22.5 Å². The third-order valence-corrected chi connectivity index (χ3v) is 1.69. The quantitative estimate of drug-likeness (QED) is 0.449. The molecular formula is C6H13NO2. The molecule has 0 bridgehead atoms. The second-order valence-electron chi connectivity index (χ2n) is 2.76. The Balaban J connectivity index is 2.09. The van der Waals surface area contributed by atoms with Crippen LogP contribution < -0.4 is 5.73 Å². The summed E-state index contributed by atoms with van der Waals surface area (Å²) in [6.45, 7) is 0. The lowest BCUT2D eigenvalue weighted by atomic mass is 10.1. The molecule has 0 amide bonds. The molecule has 3 heteroatoms. The van der Waals surface area contributed by atoms with E-state index in [9.17, 15) is 0 Å². The van der Waals surface area contributed by atoms with Gasteiger partial charge in [0.2, 0.25) is 0 Å². The van der Waals surface area contributed by atoms with Gasteiger partial charge in [-0.2, -0.15) is 0 Å². The van der Waals surface area contributed by atoms with E-state index in [1.165, 1.54) is 12.8 Å². The van der Waals surface area contributed by atoms with Crippen molar-refractivity contribution in [2.24, 2.45) is 11.7 Å². The Morgan fingerprint density at radius 3 is 2.33 bits per heavy atom. The normalized spacial score (nSPS) is 22.7. The molecular weight excluding hydrogens is 118 g/mol. The van der Waals surface area contributed by atoms with Crippen LogP contribution in [0.25, 0.3) is 0 Å². The number of aliphatic hydroxyl groups is 2. The fourth-order valence-electron chi connectivity index (χ4n) is 0.860. The Labute approximate surface area is 54.5 Å². The zero-order valence-electron chi connectivity index (χ0n) is 5.33. The van der Waals surface area contributed by atoms with E-state index in [0.717, 1.165) is 6.42 Å². The van der Waals surface area contributed by atoms with Crippen molar-refractivity contribution in [1.82, 2.24) is 0 Å². The molecule has 0 radical (unpaired) electrons. The van der Waals surface area contributed by atoms with E-state index < -0.39 is 12.3 Å². The van der Waals surface area contributed by atoms with E-state index in [1.54, 1.807) is 0 Å². The van der Waals surface area contributed by atoms with Crippen LogP contribution >= 0.6 is 0 Å². The van der Waals surface area contributed by atoms with Gasteiger partial charge in [-0.25, -0.2) is 0 Å². The average Bonchev–Trinajstić information content (AvgIpc) is 2.50. The highest BCUT2D eigenvalue weighted by molar-refractivity contribution is 4.78. The van der Waals surface area contributed by atoms with Gasteiger partial charge in [-0.15, -0.1) is 0 Å². The van der Waals surface area contributed by atoms with Gasteiger partial charge in [0.25, 0.3) is 0 Å². The molecule has 1 aliphatic rings. The number of hydrogen-bond acceptors (Lipinski definition) is 3. The molecule has 4 N–H and O–H groups in total. The molecule has 1 aliphatic carbocycles. The molecule has 3 nitrogen and oxygen atoms in total. The van der Waals surface area contributed by atoms with Crippen LogP contribution in [0.3, 0.4) is 0 Å². The van der Waals surface area contributed by atoms with E-state index in [-0.39, 0.29) is 0 Å². The first-order valence-corrected chi connectivity index (χ1v) is 3.32. The largest absolute Gasteiger partial charge is 0.367 e. The second-order valence-corrected chi connectivity index (χ2v) is 2.76. The first kappa shape index (κ1) is 6.99. The highest BCUT2D eigenvalue weighted by Gasteiger charge is 2.25. The summed E-state index contributed by atoms with van der Waals surface area (Å²) < 4.78 is 0. The Kier molecular flexibility index (Phi) is 2.05. The summed E-state index contributed by atoms with van der Waals surface area (Å²) in [4.78, 5) is 0. The minimum atomic E-state index is -1.33. The lowest BCUT2D eigenvalue weighted by Gasteiger charge is -2.11. The van der Waals surface area contributed by atoms with Gasteiger partial charge >= 0.3 is 0 Å². The molecule has 1 saturated carbocycles. The molecule has 1 rings (SSSR count). The monoisotopic (exact) mass is 131 g/mol. The predicted octanol–water partition coefficient (Wildman–Crippen LogP) is -0.576. The van der Waals surface area contributed by atoms with E-state index >= 15 is 0 Å². The van der Waals surface area contributed by atoms with E-state index in [0.29, 0.717) is 5.92 Å². The zero-order valence-corrected chi connectivity index (χ0v) is 5.33. The maximum Gasteiger partial charge on any atom is 0.166 e. The fraction of sp³-hybridized carbons (Fsp3) is 1.00. The van der Waals surface area contributed by atoms with Gasteiger partial charge in [0.1, 0.15) is 0 Å². The molecule has 1 unspecified atom stereocenters. The van der Waals surface area contributed by atoms with Crippen molar-refractivity contribution in [1.29, 1.82) is 0 Å². The smallest absolute Gasteiger partial charge is 0.166 e. The Morgan fingerprint density at radius 1 is 1.44 bits per heavy atom. The summed E-state index contributed by atoms with van der Waals surface area (Å²) in [5.74, 6) is 0.668. The fourth-order valence-corrected chi connectivity index (χ4v) is 0.860. The first-order chi connectivity index (χ1) is 4.20. The number of hydrogen-bond donors (Lipinski definition) is 3. The molecule has 0 aromatic carbocycles. The topological polar surface area (TPSA) is 66.5 Å². The Morgan fingerprint density at radius 2 is 2.00 bits per heavy atom. The van der Waals surface area contributed by atoms with Crippen LogP contribution in [0.4, 0.5) is 0 Å². The van der Waals surface area contributed by atoms with Crippen molar-refractivity contribution in [3.63, 3.8) is 0 Å². The molecule has 0 saturated heterocycles. The van der Waals surface area contributed by atoms with Gasteiger partial charge in [0.15, 0.2) is 6.29 Å². The molecule has 0 aromatic rings. The van der Waals surface area contributed by atoms with Crippen molar-refractivity contribution in [2.75, 3.05) is 0 Å². The molecule has 0 heterocycles. The second kappa shape index (κ2) is 2.64. The molecule has 1 atom stereocenters. The lowest BCUT2D eigenvalue weighted by molar-refractivity contribution is -0.0606. The highest BCUT2D eigenvalue weighted by Crippen LogP contribution is 2.33. The summed E-state index contributed by atoms with van der Waals surface area (Å²) in [5, 5.41) is 17.1. The van der Waals surface area contributed by atoms with Crippen LogP contribution in [0.5, 0.6) is 0 Å². The van der Waals surface area contributed by atoms with Gasteiger partial charge in [0.05, 0.1) is 6.04 Å². The van der Waals surface area contributed by atoms with Crippen LogP contribution in [-0.2, 0) is 0 Å². The van der Waals surface area contributed by atoms with Crippen LogP contribution in [0.2, 0.25) is 0 Å². The van der Waals surface area contributed by atoms with Gasteiger partial charge in [-0.3, -0.25) is 0 Å². The Bertz CT molecular complexity index is 91.1. The first-order valence-electron chi connectivity index (χ1n) is 3.32. The SMILES string of the molecule is NC(CC1CC1)C(O)O. The average molecular weight is 131 g/mol. The predicted molar refractivity (Wildman–Crippen MR) is 33.5 cm³/mol. The summed E-state index contributed by atoms with van der Waals surface area (Å²) in [6.07, 6.45) is 1.85. The molecule has 1 fully saturated rings. The third kappa shape index (κ3) is 2.30. The van der Waals surface area contributed by atoms with Crippen molar-refractivity contribution >= 4 is 0 Å². The maximum absolute atomic E-state index is 8.53. The lowest BCUT2D eigenvalue weighted by Crippen LogP contribution is -2.34. The van der Waals surface area contributed by atoms with Crippen LogP contribution in [0.15, 0.2) is 0 Å². The molecule has 0 spiro atoms. The standard InChI is InChI=1S/C6H13NO2/c7-5(6(8)9)3-4-1-2-4/h4-6,8-9H,1-3,7H2. The summed E-state index contributed by atoms with van der Waals surface area (Å²) in [5.41, 5.74) is 5.36. The zero-order chi connectivity index (χ0) is 6.85. The Hall–Kier alpha value is -0.120. The van der Waals surface area contributed by atoms with Crippen molar-refractivity contribution in [3.05, 3.63) is 0 Å². The maximum atomic E-state index is 8.53. The van der Waals surface area contributed by atoms with Gasteiger partial charge in [-0.1, -0.05) is 12.8 Å². The number of aliphatic hydroxyl groups excluding tert-OH is 1. The third-order valence-electron chi connectivity index (χ3n) is 1.69. The molecule has 0 aliphatic heterocycles. The van der Waals surface area contributed by atoms with Crippen molar-refractivity contribution < 1.29 is 10.2 Å². The summed E-state index contributed by atoms with van der Waals surface area (Å²) >= 11 is 0. The van der Waals surface area contributed by atoms with Gasteiger partial charge in [-0.05, 0) is 12.3 Å². The highest BCUT2D eigenvalue weighted by atomic mass is 16.5. The van der Waals surface area contributed by atoms with Crippen LogP contribution in [0, 0.1) is 5.92 Å². The number of rotatable bonds is 3. The van der Waals surface area contributed by atoms with Gasteiger partial charge < -0.3 is 15.9 Å². The van der Waals surface area contributed by atoms with Crippen molar-refractivity contribution in [3.8, 4) is 0 Å². The molecule has 54 valence electrons.